The SMILES string of the molecule is CC1CCc2c(sc3nc(Cc4ccccc4F)n(C(C)C(N)=O)c(=O)c23)C1. The number of amides is 1. The van der Waals surface area contributed by atoms with Gasteiger partial charge in [0.15, 0.2) is 0 Å². The van der Waals surface area contributed by atoms with Gasteiger partial charge in [-0.3, -0.25) is 14.2 Å². The second-order valence-electron chi connectivity index (χ2n) is 7.58. The van der Waals surface area contributed by atoms with Gasteiger partial charge >= 0.3 is 0 Å². The largest absolute Gasteiger partial charge is 0.368 e. The Kier molecular flexibility index (Phi) is 4.79. The Bertz CT molecular complexity index is 1130. The Balaban J connectivity index is 1.95. The predicted octanol–water partition coefficient (Wildman–Crippen LogP) is 3.36. The van der Waals surface area contributed by atoms with Gasteiger partial charge in [-0.05, 0) is 49.3 Å². The number of nitrogens with two attached hydrogens (primary N) is 1. The lowest BCUT2D eigenvalue weighted by Crippen LogP contribution is -2.35. The van der Waals surface area contributed by atoms with Gasteiger partial charge in [0.2, 0.25) is 5.91 Å². The molecule has 0 fully saturated rings. The molecule has 0 saturated carbocycles. The molecule has 2 N–H and O–H groups in total. The molecule has 1 aliphatic rings. The highest BCUT2D eigenvalue weighted by Crippen LogP contribution is 2.36. The van der Waals surface area contributed by atoms with Crippen molar-refractivity contribution in [3.63, 3.8) is 0 Å². The zero-order valence-electron chi connectivity index (χ0n) is 15.9. The predicted molar refractivity (Wildman–Crippen MR) is 108 cm³/mol. The number of rotatable bonds is 4. The fourth-order valence-electron chi connectivity index (χ4n) is 3.91. The third-order valence-corrected chi connectivity index (χ3v) is 6.69. The Morgan fingerprint density at radius 3 is 2.89 bits per heavy atom. The van der Waals surface area contributed by atoms with Gasteiger partial charge in [-0.1, -0.05) is 25.1 Å². The van der Waals surface area contributed by atoms with Crippen molar-refractivity contribution in [1.29, 1.82) is 0 Å². The number of hydrogen-bond acceptors (Lipinski definition) is 4. The molecule has 3 aromatic rings. The summed E-state index contributed by atoms with van der Waals surface area (Å²) in [4.78, 5) is 31.9. The fourth-order valence-corrected chi connectivity index (χ4v) is 5.30. The first-order chi connectivity index (χ1) is 13.4. The quantitative estimate of drug-likeness (QED) is 0.731. The molecule has 1 aromatic carbocycles. The van der Waals surface area contributed by atoms with Crippen molar-refractivity contribution in [2.45, 2.75) is 45.6 Å². The van der Waals surface area contributed by atoms with Crippen molar-refractivity contribution >= 4 is 27.5 Å². The van der Waals surface area contributed by atoms with Crippen LogP contribution in [0.1, 0.15) is 48.1 Å². The zero-order valence-corrected chi connectivity index (χ0v) is 16.7. The van der Waals surface area contributed by atoms with E-state index in [0.29, 0.717) is 27.5 Å². The minimum absolute atomic E-state index is 0.119. The Morgan fingerprint density at radius 2 is 2.18 bits per heavy atom. The third-order valence-electron chi connectivity index (χ3n) is 5.54. The molecule has 7 heteroatoms. The van der Waals surface area contributed by atoms with Gasteiger partial charge in [0.1, 0.15) is 22.5 Å². The van der Waals surface area contributed by atoms with Gasteiger partial charge in [0, 0.05) is 11.3 Å². The normalized spacial score (nSPS) is 17.5. The minimum atomic E-state index is -0.857. The van der Waals surface area contributed by atoms with Crippen molar-refractivity contribution in [1.82, 2.24) is 9.55 Å². The number of halogens is 1. The molecule has 1 aliphatic carbocycles. The number of carbonyl (C=O) groups is 1. The second kappa shape index (κ2) is 7.13. The van der Waals surface area contributed by atoms with E-state index in [9.17, 15) is 14.0 Å². The summed E-state index contributed by atoms with van der Waals surface area (Å²) in [6.07, 6.45) is 2.92. The number of nitrogens with zero attached hydrogens (tertiary/aromatic N) is 2. The number of thiophene rings is 1. The van der Waals surface area contributed by atoms with Crippen molar-refractivity contribution in [2.24, 2.45) is 11.7 Å². The van der Waals surface area contributed by atoms with Gasteiger partial charge in [-0.2, -0.15) is 0 Å². The van der Waals surface area contributed by atoms with Crippen molar-refractivity contribution < 1.29 is 9.18 Å². The second-order valence-corrected chi connectivity index (χ2v) is 8.67. The summed E-state index contributed by atoms with van der Waals surface area (Å²) >= 11 is 1.54. The number of aryl methyl sites for hydroxylation is 1. The van der Waals surface area contributed by atoms with Gasteiger partial charge in [0.25, 0.3) is 5.56 Å². The van der Waals surface area contributed by atoms with E-state index in [-0.39, 0.29) is 17.8 Å². The van der Waals surface area contributed by atoms with Gasteiger partial charge in [-0.25, -0.2) is 9.37 Å². The topological polar surface area (TPSA) is 78.0 Å². The van der Waals surface area contributed by atoms with Gasteiger partial charge in [0.05, 0.1) is 5.39 Å². The van der Waals surface area contributed by atoms with Crippen LogP contribution in [0.3, 0.4) is 0 Å². The lowest BCUT2D eigenvalue weighted by molar-refractivity contribution is -0.120. The number of primary amides is 1. The molecule has 0 bridgehead atoms. The maximum Gasteiger partial charge on any atom is 0.263 e. The summed E-state index contributed by atoms with van der Waals surface area (Å²) in [5, 5.41) is 0.595. The summed E-state index contributed by atoms with van der Waals surface area (Å²) in [6.45, 7) is 3.79. The first-order valence-corrected chi connectivity index (χ1v) is 10.3. The Hall–Kier alpha value is -2.54. The third kappa shape index (κ3) is 3.13. The van der Waals surface area contributed by atoms with Crippen molar-refractivity contribution in [3.8, 4) is 0 Å². The molecule has 2 unspecified atom stereocenters. The number of hydrogen-bond donors (Lipinski definition) is 1. The average Bonchev–Trinajstić information content (AvgIpc) is 3.00. The number of carbonyl (C=O) groups excluding carboxylic acids is 1. The van der Waals surface area contributed by atoms with Crippen LogP contribution >= 0.6 is 11.3 Å². The minimum Gasteiger partial charge on any atom is -0.368 e. The van der Waals surface area contributed by atoms with Crippen LogP contribution in [0.15, 0.2) is 29.1 Å². The molecular formula is C21H22FN3O2S. The fraction of sp³-hybridized carbons (Fsp3) is 0.381. The Morgan fingerprint density at radius 1 is 1.43 bits per heavy atom. The lowest BCUT2D eigenvalue weighted by atomic mass is 9.89. The van der Waals surface area contributed by atoms with Crippen LogP contribution < -0.4 is 11.3 Å². The summed E-state index contributed by atoms with van der Waals surface area (Å²) in [7, 11) is 0. The zero-order chi connectivity index (χ0) is 20.0. The molecule has 2 atom stereocenters. The summed E-state index contributed by atoms with van der Waals surface area (Å²) in [6, 6.07) is 5.53. The van der Waals surface area contributed by atoms with Crippen LogP contribution in [0.2, 0.25) is 0 Å². The number of aromatic nitrogens is 2. The van der Waals surface area contributed by atoms with Crippen LogP contribution in [0.25, 0.3) is 10.2 Å². The molecule has 28 heavy (non-hydrogen) atoms. The molecule has 0 spiro atoms. The molecule has 0 radical (unpaired) electrons. The standard InChI is InChI=1S/C21H22FN3O2S/c1-11-7-8-14-16(9-11)28-20-18(14)21(27)25(12(2)19(23)26)17(24-20)10-13-5-3-4-6-15(13)22/h3-6,11-12H,7-10H2,1-2H3,(H2,23,26). The molecular weight excluding hydrogens is 377 g/mol. The van der Waals surface area contributed by atoms with Gasteiger partial charge < -0.3 is 5.73 Å². The highest BCUT2D eigenvalue weighted by atomic mass is 32.1. The number of benzene rings is 1. The molecule has 2 heterocycles. The average molecular weight is 399 g/mol. The molecule has 0 aliphatic heterocycles. The van der Waals surface area contributed by atoms with E-state index in [4.69, 9.17) is 10.7 Å². The maximum atomic E-state index is 14.2. The smallest absolute Gasteiger partial charge is 0.263 e. The Labute approximate surface area is 166 Å². The molecule has 0 saturated heterocycles. The van der Waals surface area contributed by atoms with Crippen LogP contribution in [0.4, 0.5) is 4.39 Å². The monoisotopic (exact) mass is 399 g/mol. The molecule has 1 amide bonds. The highest BCUT2D eigenvalue weighted by Gasteiger charge is 2.27. The summed E-state index contributed by atoms with van der Waals surface area (Å²) in [5.41, 5.74) is 6.73. The maximum absolute atomic E-state index is 14.2. The lowest BCUT2D eigenvalue weighted by Gasteiger charge is -2.19. The van der Waals surface area contributed by atoms with Crippen molar-refractivity contribution in [2.75, 3.05) is 0 Å². The van der Waals surface area contributed by atoms with Crippen LogP contribution in [-0.2, 0) is 24.1 Å². The summed E-state index contributed by atoms with van der Waals surface area (Å²) in [5.74, 6) is -0.0454. The van der Waals surface area contributed by atoms with E-state index in [1.54, 1.807) is 36.5 Å². The van der Waals surface area contributed by atoms with Crippen molar-refractivity contribution in [3.05, 3.63) is 62.3 Å². The molecule has 4 rings (SSSR count). The van der Waals surface area contributed by atoms with Crippen LogP contribution in [0.5, 0.6) is 0 Å². The van der Waals surface area contributed by atoms with E-state index >= 15 is 0 Å². The van der Waals surface area contributed by atoms with Crippen LogP contribution in [0, 0.1) is 11.7 Å². The van der Waals surface area contributed by atoms with Gasteiger partial charge in [-0.15, -0.1) is 11.3 Å². The van der Waals surface area contributed by atoms with Crippen LogP contribution in [-0.4, -0.2) is 15.5 Å². The van der Waals surface area contributed by atoms with E-state index in [0.717, 1.165) is 24.8 Å². The van der Waals surface area contributed by atoms with E-state index in [2.05, 4.69) is 6.92 Å². The molecule has 2 aromatic heterocycles. The van der Waals surface area contributed by atoms with E-state index in [1.807, 2.05) is 0 Å². The first kappa shape index (κ1) is 18.8. The number of fused-ring (bicyclic) bond motifs is 3. The molecule has 5 nitrogen and oxygen atoms in total. The van der Waals surface area contributed by atoms with E-state index in [1.165, 1.54) is 15.5 Å². The molecule has 146 valence electrons. The first-order valence-electron chi connectivity index (χ1n) is 9.45. The van der Waals surface area contributed by atoms with E-state index < -0.39 is 11.9 Å². The highest BCUT2D eigenvalue weighted by molar-refractivity contribution is 7.18. The summed E-state index contributed by atoms with van der Waals surface area (Å²) < 4.78 is 15.6.